The molecule has 2 N–H and O–H groups in total. The number of amides is 1. The number of thioether (sulfide) groups is 1. The zero-order chi connectivity index (χ0) is 14.5. The maximum Gasteiger partial charge on any atom is 0.326 e. The van der Waals surface area contributed by atoms with E-state index in [2.05, 4.69) is 5.32 Å². The molecule has 0 aromatic heterocycles. The van der Waals surface area contributed by atoms with Crippen molar-refractivity contribution in [3.63, 3.8) is 0 Å². The summed E-state index contributed by atoms with van der Waals surface area (Å²) in [6.07, 6.45) is 1.79. The number of carbonyl (C=O) groups excluding carboxylic acids is 1. The van der Waals surface area contributed by atoms with Gasteiger partial charge in [0.05, 0.1) is 5.75 Å². The van der Waals surface area contributed by atoms with Crippen molar-refractivity contribution in [3.05, 3.63) is 35.4 Å². The number of rotatable bonds is 7. The Morgan fingerprint density at radius 1 is 1.40 bits per heavy atom. The van der Waals surface area contributed by atoms with Crippen LogP contribution in [0.4, 0.5) is 0 Å². The first kappa shape index (κ1) is 14.9. The Kier molecular flexibility index (Phi) is 5.06. The molecule has 4 nitrogen and oxygen atoms in total. The van der Waals surface area contributed by atoms with Crippen LogP contribution in [0.2, 0.25) is 0 Å². The molecule has 0 saturated heterocycles. The van der Waals surface area contributed by atoms with E-state index in [4.69, 9.17) is 5.11 Å². The van der Waals surface area contributed by atoms with Crippen molar-refractivity contribution in [1.29, 1.82) is 0 Å². The van der Waals surface area contributed by atoms with Crippen molar-refractivity contribution in [2.24, 2.45) is 5.92 Å². The van der Waals surface area contributed by atoms with Gasteiger partial charge in [0, 0.05) is 5.75 Å². The topological polar surface area (TPSA) is 66.4 Å². The first-order chi connectivity index (χ1) is 9.58. The lowest BCUT2D eigenvalue weighted by molar-refractivity contribution is -0.142. The lowest BCUT2D eigenvalue weighted by Gasteiger charge is -2.13. The summed E-state index contributed by atoms with van der Waals surface area (Å²) in [7, 11) is 0. The maximum atomic E-state index is 11.8. The lowest BCUT2D eigenvalue weighted by Crippen LogP contribution is -2.43. The van der Waals surface area contributed by atoms with Gasteiger partial charge < -0.3 is 10.4 Å². The number of nitrogens with one attached hydrogen (secondary N) is 1. The Hall–Kier alpha value is -1.49. The molecule has 1 saturated carbocycles. The predicted molar refractivity (Wildman–Crippen MR) is 79.6 cm³/mol. The average molecular weight is 293 g/mol. The van der Waals surface area contributed by atoms with Gasteiger partial charge in [-0.3, -0.25) is 4.79 Å². The van der Waals surface area contributed by atoms with E-state index in [1.54, 1.807) is 0 Å². The van der Waals surface area contributed by atoms with Gasteiger partial charge in [-0.25, -0.2) is 4.79 Å². The third-order valence-electron chi connectivity index (χ3n) is 3.43. The van der Waals surface area contributed by atoms with Crippen molar-refractivity contribution in [2.45, 2.75) is 31.6 Å². The van der Waals surface area contributed by atoms with Gasteiger partial charge in [-0.1, -0.05) is 24.3 Å². The van der Waals surface area contributed by atoms with Gasteiger partial charge in [-0.15, -0.1) is 11.8 Å². The Morgan fingerprint density at radius 3 is 2.70 bits per heavy atom. The van der Waals surface area contributed by atoms with Crippen molar-refractivity contribution < 1.29 is 14.7 Å². The minimum absolute atomic E-state index is 0.123. The van der Waals surface area contributed by atoms with E-state index >= 15 is 0 Å². The van der Waals surface area contributed by atoms with Crippen LogP contribution in [0.1, 0.15) is 24.0 Å². The van der Waals surface area contributed by atoms with Crippen LogP contribution in [0.15, 0.2) is 24.3 Å². The molecule has 1 aromatic rings. The summed E-state index contributed by atoms with van der Waals surface area (Å²) >= 11 is 1.51. The van der Waals surface area contributed by atoms with Gasteiger partial charge in [0.25, 0.3) is 0 Å². The minimum atomic E-state index is -0.926. The van der Waals surface area contributed by atoms with E-state index in [1.807, 2.05) is 31.2 Å². The Labute approximate surface area is 123 Å². The van der Waals surface area contributed by atoms with Crippen LogP contribution in [-0.4, -0.2) is 28.8 Å². The number of hydrogen-bond acceptors (Lipinski definition) is 3. The van der Waals surface area contributed by atoms with Gasteiger partial charge in [0.15, 0.2) is 0 Å². The standard InChI is InChI=1S/C15H19NO3S/c1-10-4-2-3-5-12(10)8-20-9-13(17)16-14(15(18)19)11-6-7-11/h2-5,11,14H,6-9H2,1H3,(H,16,17)(H,18,19)/t14-/m0/s1. The minimum Gasteiger partial charge on any atom is -0.480 e. The monoisotopic (exact) mass is 293 g/mol. The van der Waals surface area contributed by atoms with E-state index in [9.17, 15) is 9.59 Å². The number of carboxylic acids is 1. The van der Waals surface area contributed by atoms with Gasteiger partial charge in [0.2, 0.25) is 5.91 Å². The summed E-state index contributed by atoms with van der Waals surface area (Å²) in [5.74, 6) is 0.0667. The lowest BCUT2D eigenvalue weighted by atomic mass is 10.1. The predicted octanol–water partition coefficient (Wildman–Crippen LogP) is 2.21. The molecule has 1 aliphatic carbocycles. The molecule has 0 bridgehead atoms. The van der Waals surface area contributed by atoms with Crippen LogP contribution in [0.5, 0.6) is 0 Å². The largest absolute Gasteiger partial charge is 0.480 e. The van der Waals surface area contributed by atoms with Crippen molar-refractivity contribution in [2.75, 3.05) is 5.75 Å². The fourth-order valence-corrected chi connectivity index (χ4v) is 2.97. The highest BCUT2D eigenvalue weighted by atomic mass is 32.2. The molecule has 0 radical (unpaired) electrons. The molecular weight excluding hydrogens is 274 g/mol. The number of aryl methyl sites for hydroxylation is 1. The second kappa shape index (κ2) is 6.79. The fraction of sp³-hybridized carbons (Fsp3) is 0.467. The molecular formula is C15H19NO3S. The summed E-state index contributed by atoms with van der Waals surface area (Å²) in [5.41, 5.74) is 2.42. The van der Waals surface area contributed by atoms with Crippen LogP contribution >= 0.6 is 11.8 Å². The molecule has 1 aromatic carbocycles. The Bertz CT molecular complexity index is 500. The van der Waals surface area contributed by atoms with Gasteiger partial charge in [0.1, 0.15) is 6.04 Å². The molecule has 0 spiro atoms. The molecule has 0 unspecified atom stereocenters. The van der Waals surface area contributed by atoms with Gasteiger partial charge in [-0.2, -0.15) is 0 Å². The fourth-order valence-electron chi connectivity index (χ4n) is 2.05. The molecule has 1 fully saturated rings. The normalized spacial score (nSPS) is 15.7. The van der Waals surface area contributed by atoms with Crippen LogP contribution in [-0.2, 0) is 15.3 Å². The Balaban J connectivity index is 1.75. The molecule has 0 aliphatic heterocycles. The average Bonchev–Trinajstić information content (AvgIpc) is 3.22. The zero-order valence-electron chi connectivity index (χ0n) is 11.5. The van der Waals surface area contributed by atoms with Crippen molar-refractivity contribution >= 4 is 23.6 Å². The van der Waals surface area contributed by atoms with Crippen LogP contribution < -0.4 is 5.32 Å². The number of carbonyl (C=O) groups is 2. The molecule has 20 heavy (non-hydrogen) atoms. The molecule has 0 heterocycles. The number of hydrogen-bond donors (Lipinski definition) is 2. The third kappa shape index (κ3) is 4.27. The molecule has 1 aliphatic rings. The summed E-state index contributed by atoms with van der Waals surface area (Å²) < 4.78 is 0. The van der Waals surface area contributed by atoms with E-state index in [1.165, 1.54) is 22.9 Å². The van der Waals surface area contributed by atoms with Crippen LogP contribution in [0.3, 0.4) is 0 Å². The summed E-state index contributed by atoms with van der Waals surface area (Å²) in [4.78, 5) is 22.8. The van der Waals surface area contributed by atoms with E-state index in [0.717, 1.165) is 18.6 Å². The van der Waals surface area contributed by atoms with Crippen molar-refractivity contribution in [1.82, 2.24) is 5.32 Å². The maximum absolute atomic E-state index is 11.8. The summed E-state index contributed by atoms with van der Waals surface area (Å²) in [6, 6.07) is 7.36. The number of carboxylic acid groups (broad SMARTS) is 1. The SMILES string of the molecule is Cc1ccccc1CSCC(=O)N[C@H](C(=O)O)C1CC1. The van der Waals surface area contributed by atoms with Crippen LogP contribution in [0, 0.1) is 12.8 Å². The summed E-state index contributed by atoms with van der Waals surface area (Å²) in [5, 5.41) is 11.7. The molecule has 5 heteroatoms. The third-order valence-corrected chi connectivity index (χ3v) is 4.41. The van der Waals surface area contributed by atoms with E-state index in [-0.39, 0.29) is 11.8 Å². The smallest absolute Gasteiger partial charge is 0.326 e. The van der Waals surface area contributed by atoms with Gasteiger partial charge >= 0.3 is 5.97 Å². The number of aliphatic carboxylic acids is 1. The first-order valence-corrected chi connectivity index (χ1v) is 7.88. The number of benzene rings is 1. The first-order valence-electron chi connectivity index (χ1n) is 6.72. The second-order valence-corrected chi connectivity index (χ2v) is 6.13. The highest BCUT2D eigenvalue weighted by molar-refractivity contribution is 7.99. The highest BCUT2D eigenvalue weighted by Crippen LogP contribution is 2.32. The van der Waals surface area contributed by atoms with Crippen LogP contribution in [0.25, 0.3) is 0 Å². The quantitative estimate of drug-likeness (QED) is 0.809. The van der Waals surface area contributed by atoms with E-state index in [0.29, 0.717) is 5.75 Å². The Morgan fingerprint density at radius 2 is 2.10 bits per heavy atom. The zero-order valence-corrected chi connectivity index (χ0v) is 12.3. The molecule has 2 rings (SSSR count). The summed E-state index contributed by atoms with van der Waals surface area (Å²) in [6.45, 7) is 2.05. The van der Waals surface area contributed by atoms with Gasteiger partial charge in [-0.05, 0) is 36.8 Å². The highest BCUT2D eigenvalue weighted by Gasteiger charge is 2.37. The van der Waals surface area contributed by atoms with E-state index < -0.39 is 12.0 Å². The van der Waals surface area contributed by atoms with Crippen molar-refractivity contribution in [3.8, 4) is 0 Å². The second-order valence-electron chi connectivity index (χ2n) is 5.14. The molecule has 108 valence electrons. The molecule has 1 amide bonds. The molecule has 1 atom stereocenters.